The van der Waals surface area contributed by atoms with Crippen molar-refractivity contribution in [2.24, 2.45) is 0 Å². The van der Waals surface area contributed by atoms with E-state index >= 15 is 0 Å². The molecular weight excluding hydrogens is 413 g/mol. The van der Waals surface area contributed by atoms with Gasteiger partial charge >= 0.3 is 0 Å². The Kier molecular flexibility index (Phi) is 6.64. The molecule has 1 heterocycles. The second-order valence-corrected chi connectivity index (χ2v) is 6.55. The van der Waals surface area contributed by atoms with Crippen molar-refractivity contribution in [1.29, 1.82) is 0 Å². The third-order valence-electron chi connectivity index (χ3n) is 4.46. The van der Waals surface area contributed by atoms with E-state index in [1.807, 2.05) is 6.92 Å². The normalized spacial score (nSPS) is 11.0. The lowest BCUT2D eigenvalue weighted by atomic mass is 10.1. The molecule has 0 aliphatic rings. The molecular formula is C22H19F3N2O4. The monoisotopic (exact) mass is 432 g/mol. The highest BCUT2D eigenvalue weighted by atomic mass is 19.2. The number of carbonyl (C=O) groups is 1. The highest BCUT2D eigenvalue weighted by Gasteiger charge is 2.15. The van der Waals surface area contributed by atoms with E-state index in [1.165, 1.54) is 13.2 Å². The van der Waals surface area contributed by atoms with Crippen LogP contribution in [-0.4, -0.2) is 18.2 Å². The number of hydrogen-bond donors (Lipinski definition) is 1. The molecule has 0 unspecified atom stereocenters. The summed E-state index contributed by atoms with van der Waals surface area (Å²) in [7, 11) is 1.48. The van der Waals surface area contributed by atoms with Gasteiger partial charge in [0.2, 0.25) is 5.91 Å². The molecule has 0 saturated carbocycles. The number of hydrogen-bond acceptors (Lipinski definition) is 5. The zero-order valence-corrected chi connectivity index (χ0v) is 17.0. The Morgan fingerprint density at radius 1 is 1.13 bits per heavy atom. The fourth-order valence-electron chi connectivity index (χ4n) is 2.73. The first kappa shape index (κ1) is 21.9. The molecule has 0 aliphatic heterocycles. The molecule has 0 spiro atoms. The van der Waals surface area contributed by atoms with Gasteiger partial charge in [-0.3, -0.25) is 4.79 Å². The summed E-state index contributed by atoms with van der Waals surface area (Å²) in [5.41, 5.74) is 1.71. The summed E-state index contributed by atoms with van der Waals surface area (Å²) in [4.78, 5) is 12.0. The number of nitrogens with one attached hydrogen (secondary N) is 1. The van der Waals surface area contributed by atoms with E-state index in [2.05, 4.69) is 10.5 Å². The molecule has 0 fully saturated rings. The molecule has 0 atom stereocenters. The molecule has 3 rings (SSSR count). The van der Waals surface area contributed by atoms with Gasteiger partial charge in [0.15, 0.2) is 29.0 Å². The van der Waals surface area contributed by atoms with Gasteiger partial charge in [-0.2, -0.15) is 0 Å². The molecule has 9 heteroatoms. The summed E-state index contributed by atoms with van der Waals surface area (Å²) >= 11 is 0. The predicted octanol–water partition coefficient (Wildman–Crippen LogP) is 4.95. The molecule has 3 aromatic rings. The van der Waals surface area contributed by atoms with Crippen LogP contribution in [0, 0.1) is 31.3 Å². The Balaban J connectivity index is 1.68. The summed E-state index contributed by atoms with van der Waals surface area (Å²) in [6.45, 7) is 3.85. The van der Waals surface area contributed by atoms with Crippen molar-refractivity contribution in [3.05, 3.63) is 76.4 Å². The van der Waals surface area contributed by atoms with Gasteiger partial charge < -0.3 is 19.3 Å². The summed E-state index contributed by atoms with van der Waals surface area (Å²) in [5, 5.41) is 6.03. The summed E-state index contributed by atoms with van der Waals surface area (Å²) in [5.74, 6) is -3.60. The number of amides is 1. The maximum atomic E-state index is 13.7. The van der Waals surface area contributed by atoms with E-state index in [4.69, 9.17) is 14.0 Å². The number of carbonyl (C=O) groups excluding carboxylic acids is 1. The zero-order valence-electron chi connectivity index (χ0n) is 17.0. The van der Waals surface area contributed by atoms with Gasteiger partial charge in [0.1, 0.15) is 12.4 Å². The highest BCUT2D eigenvalue weighted by Crippen LogP contribution is 2.30. The van der Waals surface area contributed by atoms with Crippen molar-refractivity contribution in [1.82, 2.24) is 5.16 Å². The number of rotatable bonds is 7. The van der Waals surface area contributed by atoms with Crippen LogP contribution in [0.4, 0.5) is 18.9 Å². The average molecular weight is 432 g/mol. The molecule has 0 aliphatic carbocycles. The van der Waals surface area contributed by atoms with Gasteiger partial charge in [-0.1, -0.05) is 11.2 Å². The van der Waals surface area contributed by atoms with Crippen LogP contribution in [0.15, 0.2) is 40.9 Å². The van der Waals surface area contributed by atoms with E-state index in [0.29, 0.717) is 22.8 Å². The Morgan fingerprint density at radius 2 is 1.90 bits per heavy atom. The second-order valence-electron chi connectivity index (χ2n) is 6.55. The fraction of sp³-hybridized carbons (Fsp3) is 0.182. The molecule has 0 radical (unpaired) electrons. The van der Waals surface area contributed by atoms with Crippen molar-refractivity contribution in [2.45, 2.75) is 20.5 Å². The number of nitrogens with zero attached hydrogens (tertiary/aromatic N) is 1. The van der Waals surface area contributed by atoms with E-state index in [9.17, 15) is 18.0 Å². The summed E-state index contributed by atoms with van der Waals surface area (Å²) < 4.78 is 56.1. The van der Waals surface area contributed by atoms with E-state index in [-0.39, 0.29) is 6.61 Å². The van der Waals surface area contributed by atoms with Gasteiger partial charge in [0, 0.05) is 6.08 Å². The zero-order chi connectivity index (χ0) is 22.5. The van der Waals surface area contributed by atoms with Crippen molar-refractivity contribution >= 4 is 17.7 Å². The fourth-order valence-corrected chi connectivity index (χ4v) is 2.73. The maximum absolute atomic E-state index is 13.7. The summed E-state index contributed by atoms with van der Waals surface area (Å²) in [6.07, 6.45) is 2.58. The Bertz CT molecular complexity index is 1120. The van der Waals surface area contributed by atoms with Gasteiger partial charge in [-0.05, 0) is 49.8 Å². The smallest absolute Gasteiger partial charge is 0.248 e. The Morgan fingerprint density at radius 3 is 2.58 bits per heavy atom. The van der Waals surface area contributed by atoms with Gasteiger partial charge in [-0.25, -0.2) is 13.2 Å². The van der Waals surface area contributed by atoms with E-state index in [1.54, 1.807) is 25.1 Å². The lowest BCUT2D eigenvalue weighted by molar-refractivity contribution is -0.111. The van der Waals surface area contributed by atoms with Crippen molar-refractivity contribution in [3.63, 3.8) is 0 Å². The Labute approximate surface area is 176 Å². The first-order valence-electron chi connectivity index (χ1n) is 9.15. The maximum Gasteiger partial charge on any atom is 0.248 e. The van der Waals surface area contributed by atoms with Crippen LogP contribution in [0.1, 0.15) is 22.6 Å². The third kappa shape index (κ3) is 5.06. The largest absolute Gasteiger partial charge is 0.493 e. The molecule has 162 valence electrons. The molecule has 1 N–H and O–H groups in total. The van der Waals surface area contributed by atoms with E-state index < -0.39 is 29.0 Å². The number of ether oxygens (including phenoxy) is 2. The lowest BCUT2D eigenvalue weighted by Crippen LogP contribution is -2.10. The number of aryl methyl sites for hydroxylation is 2. The molecule has 0 saturated heterocycles. The number of aromatic nitrogens is 1. The minimum absolute atomic E-state index is 0.245. The predicted molar refractivity (Wildman–Crippen MR) is 107 cm³/mol. The van der Waals surface area contributed by atoms with Crippen LogP contribution >= 0.6 is 0 Å². The van der Waals surface area contributed by atoms with Crippen molar-refractivity contribution in [3.8, 4) is 11.5 Å². The van der Waals surface area contributed by atoms with Gasteiger partial charge in [-0.15, -0.1) is 0 Å². The first-order valence-corrected chi connectivity index (χ1v) is 9.15. The van der Waals surface area contributed by atoms with Crippen LogP contribution in [0.2, 0.25) is 0 Å². The minimum Gasteiger partial charge on any atom is -0.493 e. The molecule has 31 heavy (non-hydrogen) atoms. The van der Waals surface area contributed by atoms with Crippen LogP contribution in [0.5, 0.6) is 11.5 Å². The minimum atomic E-state index is -1.65. The molecule has 0 bridgehead atoms. The average Bonchev–Trinajstić information content (AvgIpc) is 3.08. The molecule has 1 amide bonds. The number of halogens is 3. The molecule has 6 nitrogen and oxygen atoms in total. The standard InChI is InChI=1S/C22H19F3N2O4/c1-12-15(13(2)31-27-12)11-30-18-8-4-14(10-19(18)29-3)5-9-20(28)26-17-7-6-16(23)21(24)22(17)25/h4-10H,11H2,1-3H3,(H,26,28)/b9-5+. The van der Waals surface area contributed by atoms with Crippen LogP contribution in [-0.2, 0) is 11.4 Å². The van der Waals surface area contributed by atoms with Gasteiger partial charge in [0.25, 0.3) is 0 Å². The van der Waals surface area contributed by atoms with Crippen molar-refractivity contribution < 1.29 is 32.0 Å². The molecule has 1 aromatic heterocycles. The quantitative estimate of drug-likeness (QED) is 0.423. The summed E-state index contributed by atoms with van der Waals surface area (Å²) in [6, 6.07) is 6.67. The van der Waals surface area contributed by atoms with Gasteiger partial charge in [0.05, 0.1) is 24.1 Å². The Hall–Kier alpha value is -3.75. The van der Waals surface area contributed by atoms with E-state index in [0.717, 1.165) is 29.5 Å². The van der Waals surface area contributed by atoms with Crippen LogP contribution in [0.3, 0.4) is 0 Å². The topological polar surface area (TPSA) is 73.6 Å². The number of benzene rings is 2. The molecule has 2 aromatic carbocycles. The third-order valence-corrected chi connectivity index (χ3v) is 4.46. The number of anilines is 1. The second kappa shape index (κ2) is 9.38. The first-order chi connectivity index (χ1) is 14.8. The van der Waals surface area contributed by atoms with Crippen LogP contribution < -0.4 is 14.8 Å². The van der Waals surface area contributed by atoms with Crippen molar-refractivity contribution in [2.75, 3.05) is 12.4 Å². The number of methoxy groups -OCH3 is 1. The lowest BCUT2D eigenvalue weighted by Gasteiger charge is -2.11. The SMILES string of the molecule is COc1cc(/C=C/C(=O)Nc2ccc(F)c(F)c2F)ccc1OCc1c(C)noc1C. The highest BCUT2D eigenvalue weighted by molar-refractivity contribution is 6.02. The van der Waals surface area contributed by atoms with Crippen LogP contribution in [0.25, 0.3) is 6.08 Å².